The standard InChI is InChI=1S/C23H32N4O3.HI/c1-28-21-6-4-19(5-7-21)17-25-23(24-10-8-22-3-2-14-30-22)27-11-9-20(18-27)26-12-15-29-16-13-26;/h2-7,14,20H,8-13,15-18H2,1H3,(H,24,25);1H. The zero-order chi connectivity index (χ0) is 20.6. The van der Waals surface area contributed by atoms with Crippen molar-refractivity contribution in [1.82, 2.24) is 15.1 Å². The van der Waals surface area contributed by atoms with Gasteiger partial charge in [0.2, 0.25) is 0 Å². The van der Waals surface area contributed by atoms with E-state index in [0.29, 0.717) is 12.6 Å². The third-order valence-electron chi connectivity index (χ3n) is 5.83. The lowest BCUT2D eigenvalue weighted by Gasteiger charge is -2.32. The summed E-state index contributed by atoms with van der Waals surface area (Å²) in [5.41, 5.74) is 1.17. The largest absolute Gasteiger partial charge is 0.497 e. The van der Waals surface area contributed by atoms with Crippen molar-refractivity contribution in [3.63, 3.8) is 0 Å². The molecule has 1 unspecified atom stereocenters. The number of hydrogen-bond donors (Lipinski definition) is 1. The molecule has 2 fully saturated rings. The first-order valence-corrected chi connectivity index (χ1v) is 10.8. The van der Waals surface area contributed by atoms with Gasteiger partial charge in [-0.25, -0.2) is 4.99 Å². The van der Waals surface area contributed by atoms with Crippen LogP contribution in [-0.4, -0.2) is 74.8 Å². The van der Waals surface area contributed by atoms with Gasteiger partial charge in [-0.2, -0.15) is 0 Å². The van der Waals surface area contributed by atoms with Gasteiger partial charge in [-0.15, -0.1) is 24.0 Å². The van der Waals surface area contributed by atoms with Crippen LogP contribution in [-0.2, 0) is 17.7 Å². The van der Waals surface area contributed by atoms with Crippen LogP contribution in [0.4, 0.5) is 0 Å². The average Bonchev–Trinajstić information content (AvgIpc) is 3.49. The summed E-state index contributed by atoms with van der Waals surface area (Å²) in [5, 5.41) is 3.56. The number of benzene rings is 1. The molecule has 0 bridgehead atoms. The fourth-order valence-electron chi connectivity index (χ4n) is 4.09. The van der Waals surface area contributed by atoms with Crippen molar-refractivity contribution in [3.8, 4) is 5.75 Å². The molecule has 2 aromatic rings. The van der Waals surface area contributed by atoms with Gasteiger partial charge in [-0.3, -0.25) is 4.90 Å². The molecule has 0 amide bonds. The van der Waals surface area contributed by atoms with Crippen LogP contribution in [0, 0.1) is 0 Å². The molecule has 7 nitrogen and oxygen atoms in total. The first kappa shape index (κ1) is 23.9. The van der Waals surface area contributed by atoms with Crippen molar-refractivity contribution in [1.29, 1.82) is 0 Å². The summed E-state index contributed by atoms with van der Waals surface area (Å²) >= 11 is 0. The number of nitrogens with one attached hydrogen (secondary N) is 1. The van der Waals surface area contributed by atoms with Gasteiger partial charge in [-0.05, 0) is 36.2 Å². The molecule has 1 N–H and O–H groups in total. The minimum absolute atomic E-state index is 0. The van der Waals surface area contributed by atoms with E-state index in [4.69, 9.17) is 18.9 Å². The van der Waals surface area contributed by atoms with Crippen molar-refractivity contribution in [2.75, 3.05) is 53.0 Å². The van der Waals surface area contributed by atoms with Crippen molar-refractivity contribution in [2.24, 2.45) is 4.99 Å². The number of likely N-dealkylation sites (tertiary alicyclic amines) is 1. The van der Waals surface area contributed by atoms with Gasteiger partial charge in [0.15, 0.2) is 5.96 Å². The maximum Gasteiger partial charge on any atom is 0.194 e. The molecule has 0 aliphatic carbocycles. The number of halogens is 1. The lowest BCUT2D eigenvalue weighted by molar-refractivity contribution is 0.0195. The van der Waals surface area contributed by atoms with E-state index in [0.717, 1.165) is 69.8 Å². The number of methoxy groups -OCH3 is 1. The molecule has 1 atom stereocenters. The summed E-state index contributed by atoms with van der Waals surface area (Å²) < 4.78 is 16.2. The molecule has 2 aliphatic rings. The molecule has 0 spiro atoms. The molecule has 31 heavy (non-hydrogen) atoms. The van der Waals surface area contributed by atoms with Gasteiger partial charge in [0.1, 0.15) is 11.5 Å². The second-order valence-electron chi connectivity index (χ2n) is 7.78. The SMILES string of the molecule is COc1ccc(CN=C(NCCc2ccco2)N2CCC(N3CCOCC3)C2)cc1.I. The summed E-state index contributed by atoms with van der Waals surface area (Å²) in [6.45, 7) is 7.23. The summed E-state index contributed by atoms with van der Waals surface area (Å²) in [4.78, 5) is 9.90. The van der Waals surface area contributed by atoms with Crippen LogP contribution in [0.15, 0.2) is 52.1 Å². The van der Waals surface area contributed by atoms with Crippen LogP contribution in [0.5, 0.6) is 5.75 Å². The Hall–Kier alpha value is -1.78. The fraction of sp³-hybridized carbons (Fsp3) is 0.522. The number of furan rings is 1. The van der Waals surface area contributed by atoms with E-state index in [1.165, 1.54) is 12.0 Å². The Labute approximate surface area is 201 Å². The summed E-state index contributed by atoms with van der Waals surface area (Å²) in [6, 6.07) is 12.6. The van der Waals surface area contributed by atoms with Crippen LogP contribution >= 0.6 is 24.0 Å². The highest BCUT2D eigenvalue weighted by Crippen LogP contribution is 2.18. The van der Waals surface area contributed by atoms with E-state index in [1.807, 2.05) is 24.3 Å². The number of aliphatic imine (C=N–C) groups is 1. The highest BCUT2D eigenvalue weighted by atomic mass is 127. The molecule has 4 rings (SSSR count). The Morgan fingerprint density at radius 1 is 1.16 bits per heavy atom. The van der Waals surface area contributed by atoms with E-state index in [1.54, 1.807) is 13.4 Å². The maximum absolute atomic E-state index is 5.52. The Kier molecular flexibility index (Phi) is 9.48. The van der Waals surface area contributed by atoms with Gasteiger partial charge in [0.05, 0.1) is 33.1 Å². The normalized spacial score (nSPS) is 19.8. The average molecular weight is 540 g/mol. The second-order valence-corrected chi connectivity index (χ2v) is 7.78. The van der Waals surface area contributed by atoms with Gasteiger partial charge < -0.3 is 24.1 Å². The Morgan fingerprint density at radius 3 is 2.68 bits per heavy atom. The summed E-state index contributed by atoms with van der Waals surface area (Å²) in [5.74, 6) is 2.84. The molecule has 3 heterocycles. The highest BCUT2D eigenvalue weighted by molar-refractivity contribution is 14.0. The highest BCUT2D eigenvalue weighted by Gasteiger charge is 2.30. The zero-order valence-corrected chi connectivity index (χ0v) is 20.5. The minimum atomic E-state index is 0. The molecular weight excluding hydrogens is 507 g/mol. The predicted octanol–water partition coefficient (Wildman–Crippen LogP) is 3.00. The molecular formula is C23H33IN4O3. The van der Waals surface area contributed by atoms with Crippen LogP contribution in [0.2, 0.25) is 0 Å². The second kappa shape index (κ2) is 12.3. The number of ether oxygens (including phenoxy) is 2. The van der Waals surface area contributed by atoms with Crippen LogP contribution < -0.4 is 10.1 Å². The van der Waals surface area contributed by atoms with E-state index in [2.05, 4.69) is 27.2 Å². The first-order valence-electron chi connectivity index (χ1n) is 10.8. The van der Waals surface area contributed by atoms with Gasteiger partial charge in [0.25, 0.3) is 0 Å². The Balaban J connectivity index is 0.00000272. The zero-order valence-electron chi connectivity index (χ0n) is 18.2. The van der Waals surface area contributed by atoms with Crippen molar-refractivity contribution < 1.29 is 13.9 Å². The van der Waals surface area contributed by atoms with E-state index < -0.39 is 0 Å². The van der Waals surface area contributed by atoms with Crippen LogP contribution in [0.1, 0.15) is 17.7 Å². The molecule has 0 saturated carbocycles. The lowest BCUT2D eigenvalue weighted by Crippen LogP contribution is -2.47. The molecule has 2 aliphatic heterocycles. The van der Waals surface area contributed by atoms with Gasteiger partial charge in [0, 0.05) is 45.2 Å². The summed E-state index contributed by atoms with van der Waals surface area (Å²) in [7, 11) is 1.69. The van der Waals surface area contributed by atoms with Crippen molar-refractivity contribution >= 4 is 29.9 Å². The van der Waals surface area contributed by atoms with Gasteiger partial charge in [-0.1, -0.05) is 12.1 Å². The van der Waals surface area contributed by atoms with Crippen LogP contribution in [0.3, 0.4) is 0 Å². The molecule has 1 aromatic carbocycles. The predicted molar refractivity (Wildman–Crippen MR) is 132 cm³/mol. The van der Waals surface area contributed by atoms with Crippen LogP contribution in [0.25, 0.3) is 0 Å². The van der Waals surface area contributed by atoms with Crippen molar-refractivity contribution in [3.05, 3.63) is 54.0 Å². The number of nitrogens with zero attached hydrogens (tertiary/aromatic N) is 3. The Morgan fingerprint density at radius 2 is 1.97 bits per heavy atom. The minimum Gasteiger partial charge on any atom is -0.497 e. The number of rotatable bonds is 7. The maximum atomic E-state index is 5.52. The first-order chi connectivity index (χ1) is 14.8. The van der Waals surface area contributed by atoms with Crippen molar-refractivity contribution in [2.45, 2.75) is 25.4 Å². The fourth-order valence-corrected chi connectivity index (χ4v) is 4.09. The number of hydrogen-bond acceptors (Lipinski definition) is 5. The lowest BCUT2D eigenvalue weighted by atomic mass is 10.2. The third-order valence-corrected chi connectivity index (χ3v) is 5.83. The quantitative estimate of drug-likeness (QED) is 0.331. The molecule has 170 valence electrons. The number of morpholine rings is 1. The van der Waals surface area contributed by atoms with E-state index in [-0.39, 0.29) is 24.0 Å². The molecule has 1 aromatic heterocycles. The topological polar surface area (TPSA) is 62.5 Å². The molecule has 0 radical (unpaired) electrons. The monoisotopic (exact) mass is 540 g/mol. The van der Waals surface area contributed by atoms with E-state index >= 15 is 0 Å². The van der Waals surface area contributed by atoms with Gasteiger partial charge >= 0.3 is 0 Å². The Bertz CT molecular complexity index is 792. The third kappa shape index (κ3) is 6.85. The summed E-state index contributed by atoms with van der Waals surface area (Å²) in [6.07, 6.45) is 3.73. The smallest absolute Gasteiger partial charge is 0.194 e. The number of guanidine groups is 1. The molecule has 2 saturated heterocycles. The van der Waals surface area contributed by atoms with E-state index in [9.17, 15) is 0 Å². The molecule has 8 heteroatoms.